The van der Waals surface area contributed by atoms with E-state index in [1.165, 1.54) is 38.5 Å². The number of oxazole rings is 1. The highest BCUT2D eigenvalue weighted by molar-refractivity contribution is 5.08. The molecule has 3 atom stereocenters. The van der Waals surface area contributed by atoms with Gasteiger partial charge in [-0.2, -0.15) is 0 Å². The van der Waals surface area contributed by atoms with E-state index < -0.39 is 5.60 Å². The Kier molecular flexibility index (Phi) is 3.77. The maximum absolute atomic E-state index is 10.8. The van der Waals surface area contributed by atoms with Gasteiger partial charge < -0.3 is 9.52 Å². The van der Waals surface area contributed by atoms with Crippen molar-refractivity contribution in [1.82, 2.24) is 9.88 Å². The van der Waals surface area contributed by atoms with Crippen molar-refractivity contribution in [3.05, 3.63) is 17.8 Å². The van der Waals surface area contributed by atoms with E-state index in [4.69, 9.17) is 4.42 Å². The van der Waals surface area contributed by atoms with Crippen LogP contribution in [0.2, 0.25) is 0 Å². The Bertz CT molecular complexity index is 521. The predicted octanol–water partition coefficient (Wildman–Crippen LogP) is 3.46. The van der Waals surface area contributed by atoms with Crippen LogP contribution in [0.15, 0.2) is 10.6 Å². The highest BCUT2D eigenvalue weighted by Crippen LogP contribution is 2.42. The Labute approximate surface area is 132 Å². The largest absolute Gasteiger partial charge is 0.444 e. The van der Waals surface area contributed by atoms with Crippen molar-refractivity contribution in [3.8, 4) is 0 Å². The minimum atomic E-state index is -0.499. The van der Waals surface area contributed by atoms with Crippen molar-refractivity contribution < 1.29 is 9.52 Å². The number of aliphatic hydroxyl groups is 1. The fraction of sp³-hybridized carbons (Fsp3) is 0.833. The summed E-state index contributed by atoms with van der Waals surface area (Å²) in [7, 11) is 0. The van der Waals surface area contributed by atoms with Gasteiger partial charge in [0.2, 0.25) is 5.89 Å². The van der Waals surface area contributed by atoms with Gasteiger partial charge in [-0.3, -0.25) is 4.90 Å². The third kappa shape index (κ3) is 2.83. The van der Waals surface area contributed by atoms with Crippen LogP contribution in [-0.2, 0) is 6.54 Å². The molecule has 2 aliphatic carbocycles. The van der Waals surface area contributed by atoms with Crippen molar-refractivity contribution in [3.63, 3.8) is 0 Å². The molecule has 3 unspecified atom stereocenters. The summed E-state index contributed by atoms with van der Waals surface area (Å²) in [5.74, 6) is 2.98. The third-order valence-electron chi connectivity index (χ3n) is 6.02. The average molecular weight is 304 g/mol. The number of nitrogens with zero attached hydrogens (tertiary/aromatic N) is 2. The van der Waals surface area contributed by atoms with Crippen LogP contribution in [0.25, 0.3) is 0 Å². The normalized spacial score (nSPS) is 36.8. The molecule has 4 rings (SSSR count). The number of rotatable bonds is 4. The molecule has 3 fully saturated rings. The molecule has 1 N–H and O–H groups in total. The molecule has 22 heavy (non-hydrogen) atoms. The van der Waals surface area contributed by atoms with E-state index in [0.29, 0.717) is 17.9 Å². The Morgan fingerprint density at radius 2 is 2.14 bits per heavy atom. The zero-order valence-corrected chi connectivity index (χ0v) is 13.6. The summed E-state index contributed by atoms with van der Waals surface area (Å²) in [6, 6.07) is 0.492. The smallest absolute Gasteiger partial charge is 0.208 e. The Hall–Kier alpha value is -0.870. The minimum absolute atomic E-state index is 0.404. The SMILES string of the molecule is CC1(O)CCCCC1C1CCCN1Cc1ncc(C2CC2)o1. The summed E-state index contributed by atoms with van der Waals surface area (Å²) in [5.41, 5.74) is -0.499. The third-order valence-corrected chi connectivity index (χ3v) is 6.02. The minimum Gasteiger partial charge on any atom is -0.444 e. The van der Waals surface area contributed by atoms with Crippen LogP contribution in [0.4, 0.5) is 0 Å². The molecule has 122 valence electrons. The first-order chi connectivity index (χ1) is 10.6. The molecule has 1 saturated heterocycles. The van der Waals surface area contributed by atoms with Gasteiger partial charge in [0.25, 0.3) is 0 Å². The van der Waals surface area contributed by atoms with E-state index in [-0.39, 0.29) is 0 Å². The molecule has 0 spiro atoms. The zero-order chi connectivity index (χ0) is 15.2. The van der Waals surface area contributed by atoms with Crippen LogP contribution in [0.3, 0.4) is 0 Å². The Balaban J connectivity index is 1.45. The molecule has 0 amide bonds. The van der Waals surface area contributed by atoms with E-state index in [0.717, 1.165) is 37.6 Å². The molecular formula is C18H28N2O2. The first-order valence-corrected chi connectivity index (χ1v) is 9.04. The Morgan fingerprint density at radius 3 is 2.91 bits per heavy atom. The van der Waals surface area contributed by atoms with Crippen LogP contribution in [0, 0.1) is 5.92 Å². The van der Waals surface area contributed by atoms with Crippen LogP contribution < -0.4 is 0 Å². The molecule has 1 aromatic heterocycles. The zero-order valence-electron chi connectivity index (χ0n) is 13.6. The first kappa shape index (κ1) is 14.7. The van der Waals surface area contributed by atoms with Crippen molar-refractivity contribution in [1.29, 1.82) is 0 Å². The van der Waals surface area contributed by atoms with Crippen molar-refractivity contribution >= 4 is 0 Å². The standard InChI is InChI=1S/C18H28N2O2/c1-18(21)9-3-2-5-14(18)15-6-4-10-20(15)12-17-19-11-16(22-17)13-7-8-13/h11,13-15,21H,2-10,12H2,1H3. The second-order valence-corrected chi connectivity index (χ2v) is 7.82. The van der Waals surface area contributed by atoms with E-state index >= 15 is 0 Å². The van der Waals surface area contributed by atoms with Crippen LogP contribution >= 0.6 is 0 Å². The average Bonchev–Trinajstić information content (AvgIpc) is 3.07. The van der Waals surface area contributed by atoms with Gasteiger partial charge in [-0.05, 0) is 52.0 Å². The molecule has 1 aliphatic heterocycles. The van der Waals surface area contributed by atoms with Crippen LogP contribution in [0.5, 0.6) is 0 Å². The van der Waals surface area contributed by atoms with E-state index in [9.17, 15) is 5.11 Å². The van der Waals surface area contributed by atoms with Gasteiger partial charge in [0.1, 0.15) is 5.76 Å². The van der Waals surface area contributed by atoms with Crippen LogP contribution in [-0.4, -0.2) is 33.2 Å². The maximum Gasteiger partial charge on any atom is 0.208 e. The monoisotopic (exact) mass is 304 g/mol. The fourth-order valence-electron chi connectivity index (χ4n) is 4.58. The van der Waals surface area contributed by atoms with Crippen molar-refractivity contribution in [2.24, 2.45) is 5.92 Å². The maximum atomic E-state index is 10.8. The molecule has 2 saturated carbocycles. The number of hydrogen-bond acceptors (Lipinski definition) is 4. The summed E-state index contributed by atoms with van der Waals surface area (Å²) in [4.78, 5) is 6.99. The van der Waals surface area contributed by atoms with E-state index in [1.54, 1.807) is 0 Å². The summed E-state index contributed by atoms with van der Waals surface area (Å²) >= 11 is 0. The Morgan fingerprint density at radius 1 is 1.27 bits per heavy atom. The lowest BCUT2D eigenvalue weighted by atomic mass is 9.72. The van der Waals surface area contributed by atoms with Gasteiger partial charge in [-0.1, -0.05) is 12.8 Å². The predicted molar refractivity (Wildman–Crippen MR) is 84.5 cm³/mol. The van der Waals surface area contributed by atoms with E-state index in [2.05, 4.69) is 9.88 Å². The summed E-state index contributed by atoms with van der Waals surface area (Å²) < 4.78 is 5.94. The van der Waals surface area contributed by atoms with Gasteiger partial charge >= 0.3 is 0 Å². The molecule has 2 heterocycles. The summed E-state index contributed by atoms with van der Waals surface area (Å²) in [6.45, 7) is 3.96. The summed E-state index contributed by atoms with van der Waals surface area (Å²) in [5, 5.41) is 10.8. The summed E-state index contributed by atoms with van der Waals surface area (Å²) in [6.07, 6.45) is 11.4. The second-order valence-electron chi connectivity index (χ2n) is 7.82. The fourth-order valence-corrected chi connectivity index (χ4v) is 4.58. The topological polar surface area (TPSA) is 49.5 Å². The highest BCUT2D eigenvalue weighted by Gasteiger charge is 2.43. The van der Waals surface area contributed by atoms with Gasteiger partial charge in [0, 0.05) is 17.9 Å². The molecular weight excluding hydrogens is 276 g/mol. The van der Waals surface area contributed by atoms with Crippen molar-refractivity contribution in [2.75, 3.05) is 6.54 Å². The molecule has 1 aromatic rings. The van der Waals surface area contributed by atoms with Gasteiger partial charge in [0.15, 0.2) is 0 Å². The van der Waals surface area contributed by atoms with Crippen molar-refractivity contribution in [2.45, 2.75) is 82.4 Å². The van der Waals surface area contributed by atoms with Gasteiger partial charge in [-0.25, -0.2) is 4.98 Å². The molecule has 3 aliphatic rings. The lowest BCUT2D eigenvalue weighted by Gasteiger charge is -2.43. The number of aromatic nitrogens is 1. The number of hydrogen-bond donors (Lipinski definition) is 1. The lowest BCUT2D eigenvalue weighted by molar-refractivity contribution is -0.0636. The highest BCUT2D eigenvalue weighted by atomic mass is 16.4. The van der Waals surface area contributed by atoms with Gasteiger partial charge in [-0.15, -0.1) is 0 Å². The lowest BCUT2D eigenvalue weighted by Crippen LogP contribution is -2.48. The first-order valence-electron chi connectivity index (χ1n) is 9.04. The quantitative estimate of drug-likeness (QED) is 0.925. The molecule has 0 radical (unpaired) electrons. The molecule has 4 heteroatoms. The second kappa shape index (κ2) is 5.64. The molecule has 4 nitrogen and oxygen atoms in total. The molecule has 0 aromatic carbocycles. The van der Waals surface area contributed by atoms with E-state index in [1.807, 2.05) is 13.1 Å². The van der Waals surface area contributed by atoms with Gasteiger partial charge in [0.05, 0.1) is 18.3 Å². The molecule has 0 bridgehead atoms. The van der Waals surface area contributed by atoms with Crippen LogP contribution in [0.1, 0.15) is 75.9 Å². The number of likely N-dealkylation sites (tertiary alicyclic amines) is 1.